The minimum absolute atomic E-state index is 0.0889. The molecule has 0 radical (unpaired) electrons. The largest absolute Gasteiger partial charge is 0.290 e. The normalized spacial score (nSPS) is 11.2. The van der Waals surface area contributed by atoms with Crippen molar-refractivity contribution < 1.29 is 9.59 Å². The summed E-state index contributed by atoms with van der Waals surface area (Å²) in [6.45, 7) is 11.1. The fraction of sp³-hybridized carbons (Fsp3) is 0.435. The number of nitrogens with zero attached hydrogens (tertiary/aromatic N) is 4. The molecular weight excluding hydrogens is 408 g/mol. The number of nitrogens with one attached hydrogen (secondary N) is 2. The Hall–Kier alpha value is -3.49. The van der Waals surface area contributed by atoms with Crippen LogP contribution in [0.4, 0.5) is 0 Å². The third-order valence-corrected chi connectivity index (χ3v) is 5.24. The molecule has 32 heavy (non-hydrogen) atoms. The molecule has 0 saturated heterocycles. The van der Waals surface area contributed by atoms with Gasteiger partial charge in [-0.2, -0.15) is 10.2 Å². The van der Waals surface area contributed by atoms with Gasteiger partial charge in [-0.05, 0) is 32.3 Å². The Morgan fingerprint density at radius 2 is 1.72 bits per heavy atom. The summed E-state index contributed by atoms with van der Waals surface area (Å²) in [5.74, 6) is -0.504. The lowest BCUT2D eigenvalue weighted by Gasteiger charge is -2.12. The fourth-order valence-corrected chi connectivity index (χ4v) is 3.67. The van der Waals surface area contributed by atoms with E-state index in [4.69, 9.17) is 0 Å². The lowest BCUT2D eigenvalue weighted by Crippen LogP contribution is -2.43. The van der Waals surface area contributed by atoms with Gasteiger partial charge in [0.1, 0.15) is 0 Å². The Kier molecular flexibility index (Phi) is 7.07. The van der Waals surface area contributed by atoms with Gasteiger partial charge in [0.05, 0.1) is 17.5 Å². The highest BCUT2D eigenvalue weighted by atomic mass is 16.2. The zero-order valence-corrected chi connectivity index (χ0v) is 19.2. The summed E-state index contributed by atoms with van der Waals surface area (Å²) in [6.07, 6.45) is 0.797. The van der Waals surface area contributed by atoms with Crippen LogP contribution >= 0.6 is 0 Å². The van der Waals surface area contributed by atoms with E-state index in [1.807, 2.05) is 25.5 Å². The van der Waals surface area contributed by atoms with Crippen molar-refractivity contribution in [2.24, 2.45) is 5.92 Å². The maximum Gasteiger partial charge on any atom is 0.290 e. The first-order chi connectivity index (χ1) is 15.2. The molecule has 0 fully saturated rings. The zero-order valence-electron chi connectivity index (χ0n) is 19.2. The average Bonchev–Trinajstić information content (AvgIpc) is 3.01. The van der Waals surface area contributed by atoms with Crippen LogP contribution in [-0.4, -0.2) is 31.4 Å². The highest BCUT2D eigenvalue weighted by molar-refractivity contribution is 6.05. The summed E-state index contributed by atoms with van der Waals surface area (Å²) in [5.41, 5.74) is 7.32. The van der Waals surface area contributed by atoms with Crippen LogP contribution < -0.4 is 16.4 Å². The van der Waals surface area contributed by atoms with Gasteiger partial charge in [-0.1, -0.05) is 39.0 Å². The third kappa shape index (κ3) is 4.87. The topological polar surface area (TPSA) is 111 Å². The van der Waals surface area contributed by atoms with E-state index in [1.54, 1.807) is 24.3 Å². The molecule has 2 N–H and O–H groups in total. The monoisotopic (exact) mass is 438 g/mol. The summed E-state index contributed by atoms with van der Waals surface area (Å²) < 4.78 is 3.20. The lowest BCUT2D eigenvalue weighted by molar-refractivity contribution is -0.121. The van der Waals surface area contributed by atoms with Gasteiger partial charge in [0.15, 0.2) is 5.69 Å². The molecule has 3 aromatic rings. The van der Waals surface area contributed by atoms with Crippen molar-refractivity contribution in [3.8, 4) is 0 Å². The van der Waals surface area contributed by atoms with Gasteiger partial charge >= 0.3 is 0 Å². The van der Waals surface area contributed by atoms with E-state index in [2.05, 4.69) is 34.9 Å². The number of hydrogen-bond acceptors (Lipinski definition) is 5. The number of aryl methyl sites for hydroxylation is 2. The van der Waals surface area contributed by atoms with Crippen LogP contribution in [-0.2, 0) is 24.3 Å². The number of fused-ring (bicyclic) bond motifs is 1. The molecule has 2 aromatic heterocycles. The molecule has 0 aliphatic rings. The van der Waals surface area contributed by atoms with Crippen molar-refractivity contribution in [2.45, 2.75) is 60.5 Å². The predicted octanol–water partition coefficient (Wildman–Crippen LogP) is 2.28. The first-order valence-corrected chi connectivity index (χ1v) is 10.8. The molecule has 0 aliphatic heterocycles. The maximum atomic E-state index is 12.8. The molecule has 0 saturated carbocycles. The van der Waals surface area contributed by atoms with Crippen LogP contribution in [0.3, 0.4) is 0 Å². The molecule has 0 unspecified atom stereocenters. The van der Waals surface area contributed by atoms with Gasteiger partial charge in [-0.25, -0.2) is 4.68 Å². The number of hydrazine groups is 1. The van der Waals surface area contributed by atoms with Crippen molar-refractivity contribution in [2.75, 3.05) is 0 Å². The molecule has 1 aromatic carbocycles. The predicted molar refractivity (Wildman–Crippen MR) is 122 cm³/mol. The van der Waals surface area contributed by atoms with E-state index < -0.39 is 5.91 Å². The van der Waals surface area contributed by atoms with E-state index in [1.165, 1.54) is 4.68 Å². The number of rotatable bonds is 7. The Labute approximate surface area is 186 Å². The molecule has 0 atom stereocenters. The number of hydrogen-bond donors (Lipinski definition) is 2. The number of benzene rings is 1. The van der Waals surface area contributed by atoms with Crippen LogP contribution in [0.25, 0.3) is 10.8 Å². The lowest BCUT2D eigenvalue weighted by atomic mass is 10.1. The Balaban J connectivity index is 1.76. The van der Waals surface area contributed by atoms with Gasteiger partial charge < -0.3 is 0 Å². The molecule has 3 rings (SSSR count). The molecule has 0 spiro atoms. The minimum Gasteiger partial charge on any atom is -0.273 e. The quantitative estimate of drug-likeness (QED) is 0.550. The van der Waals surface area contributed by atoms with Crippen molar-refractivity contribution in [3.63, 3.8) is 0 Å². The van der Waals surface area contributed by atoms with Gasteiger partial charge in [0.25, 0.3) is 11.5 Å². The molecule has 0 bridgehead atoms. The van der Waals surface area contributed by atoms with Gasteiger partial charge in [0.2, 0.25) is 5.91 Å². The zero-order chi connectivity index (χ0) is 23.4. The fourth-order valence-electron chi connectivity index (χ4n) is 3.67. The van der Waals surface area contributed by atoms with E-state index in [0.717, 1.165) is 23.5 Å². The summed E-state index contributed by atoms with van der Waals surface area (Å²) in [6, 6.07) is 6.82. The van der Waals surface area contributed by atoms with E-state index in [0.29, 0.717) is 29.7 Å². The van der Waals surface area contributed by atoms with E-state index in [9.17, 15) is 14.4 Å². The van der Waals surface area contributed by atoms with E-state index >= 15 is 0 Å². The van der Waals surface area contributed by atoms with Crippen molar-refractivity contribution in [1.29, 1.82) is 0 Å². The minimum atomic E-state index is -0.580. The number of carbonyl (C=O) groups excluding carboxylic acids is 2. The van der Waals surface area contributed by atoms with Gasteiger partial charge in [-0.15, -0.1) is 0 Å². The van der Waals surface area contributed by atoms with E-state index in [-0.39, 0.29) is 23.6 Å². The third-order valence-electron chi connectivity index (χ3n) is 5.24. The molecule has 170 valence electrons. The summed E-state index contributed by atoms with van der Waals surface area (Å²) in [4.78, 5) is 37.9. The van der Waals surface area contributed by atoms with Crippen LogP contribution in [0.1, 0.15) is 54.6 Å². The second kappa shape index (κ2) is 9.76. The Morgan fingerprint density at radius 3 is 2.38 bits per heavy atom. The molecule has 2 heterocycles. The average molecular weight is 439 g/mol. The highest BCUT2D eigenvalue weighted by Gasteiger charge is 2.19. The number of aromatic nitrogens is 4. The first-order valence-electron chi connectivity index (χ1n) is 10.8. The van der Waals surface area contributed by atoms with Crippen molar-refractivity contribution in [3.05, 3.63) is 57.3 Å². The van der Waals surface area contributed by atoms with Crippen molar-refractivity contribution >= 4 is 22.6 Å². The maximum absolute atomic E-state index is 12.8. The van der Waals surface area contributed by atoms with Crippen LogP contribution in [0.2, 0.25) is 0 Å². The number of carbonyl (C=O) groups is 2. The van der Waals surface area contributed by atoms with Crippen LogP contribution in [0, 0.1) is 19.8 Å². The SMILES string of the molecule is CCCn1nc(C(=O)NNC(=O)Cc2c(C)nn(CC(C)C)c2C)c2ccccc2c1=O. The summed E-state index contributed by atoms with van der Waals surface area (Å²) in [5, 5.41) is 9.62. The Morgan fingerprint density at radius 1 is 1.03 bits per heavy atom. The Bertz CT molecular complexity index is 1210. The molecule has 9 heteroatoms. The summed E-state index contributed by atoms with van der Waals surface area (Å²) >= 11 is 0. The number of amides is 2. The second-order valence-electron chi connectivity index (χ2n) is 8.33. The second-order valence-corrected chi connectivity index (χ2v) is 8.33. The standard InChI is InChI=1S/C23H30N6O3/c1-6-11-28-23(32)18-10-8-7-9-17(18)21(27-28)22(31)25-24-20(30)12-19-15(4)26-29(16(19)5)13-14(2)3/h7-10,14H,6,11-13H2,1-5H3,(H,24,30)(H,25,31). The molecule has 2 amide bonds. The molecule has 0 aliphatic carbocycles. The van der Waals surface area contributed by atoms with Crippen LogP contribution in [0.5, 0.6) is 0 Å². The summed E-state index contributed by atoms with van der Waals surface area (Å²) in [7, 11) is 0. The van der Waals surface area contributed by atoms with Crippen LogP contribution in [0.15, 0.2) is 29.1 Å². The smallest absolute Gasteiger partial charge is 0.273 e. The highest BCUT2D eigenvalue weighted by Crippen LogP contribution is 2.16. The molecule has 9 nitrogen and oxygen atoms in total. The van der Waals surface area contributed by atoms with Crippen molar-refractivity contribution in [1.82, 2.24) is 30.4 Å². The van der Waals surface area contributed by atoms with Gasteiger partial charge in [-0.3, -0.25) is 29.9 Å². The molecular formula is C23H30N6O3. The first kappa shape index (κ1) is 23.2. The van der Waals surface area contributed by atoms with Gasteiger partial charge in [0, 0.05) is 29.7 Å².